The predicted molar refractivity (Wildman–Crippen MR) is 100 cm³/mol. The predicted octanol–water partition coefficient (Wildman–Crippen LogP) is 3.82. The molecule has 0 aliphatic carbocycles. The van der Waals surface area contributed by atoms with Gasteiger partial charge in [-0.15, -0.1) is 0 Å². The number of benzene rings is 2. The highest BCUT2D eigenvalue weighted by atomic mass is 16.3. The zero-order valence-corrected chi connectivity index (χ0v) is 14.5. The molecule has 1 heterocycles. The molecule has 2 aromatic rings. The second-order valence-electron chi connectivity index (χ2n) is 6.64. The number of nitrogens with one attached hydrogen (secondary N) is 1. The van der Waals surface area contributed by atoms with E-state index >= 15 is 0 Å². The molecule has 1 aliphatic heterocycles. The largest absolute Gasteiger partial charge is 0.392 e. The van der Waals surface area contributed by atoms with Gasteiger partial charge in [0, 0.05) is 36.9 Å². The van der Waals surface area contributed by atoms with E-state index in [1.165, 1.54) is 11.1 Å². The first-order chi connectivity index (χ1) is 11.8. The maximum atomic E-state index is 9.72. The number of piperidine rings is 1. The average Bonchev–Trinajstić information content (AvgIpc) is 2.64. The highest BCUT2D eigenvalue weighted by Gasteiger charge is 2.20. The van der Waals surface area contributed by atoms with Crippen molar-refractivity contribution in [2.45, 2.75) is 45.4 Å². The van der Waals surface area contributed by atoms with Crippen LogP contribution >= 0.6 is 0 Å². The molecule has 1 aliphatic rings. The summed E-state index contributed by atoms with van der Waals surface area (Å²) in [6.45, 7) is 5.53. The standard InChI is InChI=1S/C21H28N2O/c1-2-18-9-6-10-21(20(18)16-24)22-19-11-13-23(14-12-19)15-17-7-4-3-5-8-17/h3-10,19,22,24H,2,11-16H2,1H3. The van der Waals surface area contributed by atoms with Crippen molar-refractivity contribution in [3.05, 3.63) is 65.2 Å². The molecule has 1 fully saturated rings. The lowest BCUT2D eigenvalue weighted by molar-refractivity contribution is 0.211. The van der Waals surface area contributed by atoms with E-state index in [4.69, 9.17) is 0 Å². The topological polar surface area (TPSA) is 35.5 Å². The molecule has 1 saturated heterocycles. The number of aliphatic hydroxyl groups excluding tert-OH is 1. The van der Waals surface area contributed by atoms with Crippen LogP contribution in [0.3, 0.4) is 0 Å². The molecule has 24 heavy (non-hydrogen) atoms. The van der Waals surface area contributed by atoms with Gasteiger partial charge in [0.25, 0.3) is 0 Å². The van der Waals surface area contributed by atoms with Crippen molar-refractivity contribution < 1.29 is 5.11 Å². The molecule has 0 bridgehead atoms. The number of aliphatic hydroxyl groups is 1. The fourth-order valence-electron chi connectivity index (χ4n) is 3.58. The first-order valence-electron chi connectivity index (χ1n) is 9.04. The van der Waals surface area contributed by atoms with Crippen molar-refractivity contribution in [2.75, 3.05) is 18.4 Å². The highest BCUT2D eigenvalue weighted by Crippen LogP contribution is 2.24. The second kappa shape index (κ2) is 8.32. The molecule has 0 saturated carbocycles. The minimum Gasteiger partial charge on any atom is -0.392 e. The van der Waals surface area contributed by atoms with E-state index in [1.54, 1.807) is 0 Å². The Labute approximate surface area is 145 Å². The monoisotopic (exact) mass is 324 g/mol. The summed E-state index contributed by atoms with van der Waals surface area (Å²) >= 11 is 0. The van der Waals surface area contributed by atoms with Crippen LogP contribution in [-0.4, -0.2) is 29.1 Å². The van der Waals surface area contributed by atoms with Gasteiger partial charge >= 0.3 is 0 Å². The van der Waals surface area contributed by atoms with Crippen LogP contribution in [0.4, 0.5) is 5.69 Å². The average molecular weight is 324 g/mol. The summed E-state index contributed by atoms with van der Waals surface area (Å²) < 4.78 is 0. The Morgan fingerprint density at radius 3 is 2.46 bits per heavy atom. The smallest absolute Gasteiger partial charge is 0.0704 e. The summed E-state index contributed by atoms with van der Waals surface area (Å²) in [6, 6.07) is 17.5. The maximum Gasteiger partial charge on any atom is 0.0704 e. The molecule has 2 N–H and O–H groups in total. The summed E-state index contributed by atoms with van der Waals surface area (Å²) in [5, 5.41) is 13.4. The number of rotatable bonds is 6. The Morgan fingerprint density at radius 1 is 1.04 bits per heavy atom. The number of hydrogen-bond acceptors (Lipinski definition) is 3. The van der Waals surface area contributed by atoms with Crippen molar-refractivity contribution >= 4 is 5.69 Å². The van der Waals surface area contributed by atoms with E-state index in [1.807, 2.05) is 0 Å². The normalized spacial score (nSPS) is 16.2. The SMILES string of the molecule is CCc1cccc(NC2CCN(Cc3ccccc3)CC2)c1CO. The lowest BCUT2D eigenvalue weighted by Crippen LogP contribution is -2.38. The molecular formula is C21H28N2O. The van der Waals surface area contributed by atoms with E-state index in [0.717, 1.165) is 50.1 Å². The van der Waals surface area contributed by atoms with Gasteiger partial charge in [-0.05, 0) is 36.5 Å². The third kappa shape index (κ3) is 4.16. The van der Waals surface area contributed by atoms with Crippen LogP contribution in [0.5, 0.6) is 0 Å². The molecule has 0 amide bonds. The van der Waals surface area contributed by atoms with Gasteiger partial charge in [-0.2, -0.15) is 0 Å². The van der Waals surface area contributed by atoms with Crippen LogP contribution in [0.25, 0.3) is 0 Å². The zero-order valence-electron chi connectivity index (χ0n) is 14.5. The van der Waals surface area contributed by atoms with Crippen LogP contribution < -0.4 is 5.32 Å². The van der Waals surface area contributed by atoms with Gasteiger partial charge < -0.3 is 10.4 Å². The fourth-order valence-corrected chi connectivity index (χ4v) is 3.58. The zero-order chi connectivity index (χ0) is 16.8. The van der Waals surface area contributed by atoms with Gasteiger partial charge in [0.15, 0.2) is 0 Å². The van der Waals surface area contributed by atoms with Crippen LogP contribution in [0, 0.1) is 0 Å². The van der Waals surface area contributed by atoms with Crippen LogP contribution in [0.15, 0.2) is 48.5 Å². The molecule has 3 heteroatoms. The molecule has 0 spiro atoms. The minimum absolute atomic E-state index is 0.110. The van der Waals surface area contributed by atoms with Gasteiger partial charge in [0.2, 0.25) is 0 Å². The van der Waals surface area contributed by atoms with Crippen LogP contribution in [-0.2, 0) is 19.6 Å². The summed E-state index contributed by atoms with van der Waals surface area (Å²) in [7, 11) is 0. The van der Waals surface area contributed by atoms with Crippen molar-refractivity contribution in [3.8, 4) is 0 Å². The van der Waals surface area contributed by atoms with Crippen molar-refractivity contribution in [2.24, 2.45) is 0 Å². The second-order valence-corrected chi connectivity index (χ2v) is 6.64. The van der Waals surface area contributed by atoms with Crippen molar-refractivity contribution in [3.63, 3.8) is 0 Å². The summed E-state index contributed by atoms with van der Waals surface area (Å²) in [4.78, 5) is 2.53. The summed E-state index contributed by atoms with van der Waals surface area (Å²) in [5.74, 6) is 0. The van der Waals surface area contributed by atoms with Gasteiger partial charge in [0.05, 0.1) is 6.61 Å². The lowest BCUT2D eigenvalue weighted by atomic mass is 10.0. The Hall–Kier alpha value is -1.84. The van der Waals surface area contributed by atoms with Crippen molar-refractivity contribution in [1.82, 2.24) is 4.90 Å². The summed E-state index contributed by atoms with van der Waals surface area (Å²) in [5.41, 5.74) is 4.80. The number of nitrogens with zero attached hydrogens (tertiary/aromatic N) is 1. The molecule has 3 rings (SSSR count). The Bertz CT molecular complexity index is 634. The molecule has 3 nitrogen and oxygen atoms in total. The fraction of sp³-hybridized carbons (Fsp3) is 0.429. The molecular weight excluding hydrogens is 296 g/mol. The van der Waals surface area contributed by atoms with Crippen LogP contribution in [0.1, 0.15) is 36.5 Å². The van der Waals surface area contributed by atoms with E-state index in [0.29, 0.717) is 6.04 Å². The number of aryl methyl sites for hydroxylation is 1. The number of hydrogen-bond donors (Lipinski definition) is 2. The Kier molecular flexibility index (Phi) is 5.89. The van der Waals surface area contributed by atoms with Gasteiger partial charge in [-0.25, -0.2) is 0 Å². The van der Waals surface area contributed by atoms with Gasteiger partial charge in [-0.3, -0.25) is 4.90 Å². The van der Waals surface area contributed by atoms with E-state index in [-0.39, 0.29) is 6.61 Å². The quantitative estimate of drug-likeness (QED) is 0.848. The third-order valence-corrected chi connectivity index (χ3v) is 5.01. The third-order valence-electron chi connectivity index (χ3n) is 5.01. The molecule has 0 aromatic heterocycles. The van der Waals surface area contributed by atoms with E-state index in [2.05, 4.69) is 65.7 Å². The summed E-state index contributed by atoms with van der Waals surface area (Å²) in [6.07, 6.45) is 3.25. The molecule has 128 valence electrons. The lowest BCUT2D eigenvalue weighted by Gasteiger charge is -2.33. The molecule has 2 aromatic carbocycles. The van der Waals surface area contributed by atoms with Gasteiger partial charge in [0.1, 0.15) is 0 Å². The molecule has 0 unspecified atom stereocenters. The van der Waals surface area contributed by atoms with E-state index < -0.39 is 0 Å². The first-order valence-corrected chi connectivity index (χ1v) is 9.04. The number of anilines is 1. The first kappa shape index (κ1) is 17.0. The van der Waals surface area contributed by atoms with Crippen LogP contribution in [0.2, 0.25) is 0 Å². The number of likely N-dealkylation sites (tertiary alicyclic amines) is 1. The minimum atomic E-state index is 0.110. The Balaban J connectivity index is 1.56. The maximum absolute atomic E-state index is 9.72. The Morgan fingerprint density at radius 2 is 1.79 bits per heavy atom. The highest BCUT2D eigenvalue weighted by molar-refractivity contribution is 5.55. The van der Waals surface area contributed by atoms with E-state index in [9.17, 15) is 5.11 Å². The van der Waals surface area contributed by atoms with Crippen molar-refractivity contribution in [1.29, 1.82) is 0 Å². The molecule has 0 atom stereocenters. The molecule has 0 radical (unpaired) electrons. The van der Waals surface area contributed by atoms with Gasteiger partial charge in [-0.1, -0.05) is 49.4 Å².